The first kappa shape index (κ1) is 15.5. The average molecular weight is 326 g/mol. The summed E-state index contributed by atoms with van der Waals surface area (Å²) in [6.07, 6.45) is 6.40. The number of aromatic nitrogens is 2. The molecular formula is C19H23FN4. The molecule has 0 bridgehead atoms. The van der Waals surface area contributed by atoms with Gasteiger partial charge >= 0.3 is 0 Å². The van der Waals surface area contributed by atoms with E-state index in [1.807, 2.05) is 24.4 Å². The summed E-state index contributed by atoms with van der Waals surface area (Å²) in [7, 11) is 0. The van der Waals surface area contributed by atoms with E-state index in [0.29, 0.717) is 18.5 Å². The molecule has 1 N–H and O–H groups in total. The van der Waals surface area contributed by atoms with E-state index in [2.05, 4.69) is 20.2 Å². The van der Waals surface area contributed by atoms with Gasteiger partial charge in [-0.25, -0.2) is 14.4 Å². The Bertz CT molecular complexity index is 693. The molecule has 2 heterocycles. The van der Waals surface area contributed by atoms with Gasteiger partial charge in [0, 0.05) is 43.4 Å². The van der Waals surface area contributed by atoms with Crippen LogP contribution >= 0.6 is 0 Å². The van der Waals surface area contributed by atoms with Crippen LogP contribution in [0.15, 0.2) is 36.5 Å². The number of likely N-dealkylation sites (tertiary alicyclic amines) is 1. The molecule has 0 unspecified atom stereocenters. The van der Waals surface area contributed by atoms with E-state index in [1.54, 1.807) is 6.07 Å². The van der Waals surface area contributed by atoms with Crippen LogP contribution in [0.5, 0.6) is 0 Å². The van der Waals surface area contributed by atoms with Crippen molar-refractivity contribution >= 4 is 5.82 Å². The van der Waals surface area contributed by atoms with E-state index < -0.39 is 0 Å². The Morgan fingerprint density at radius 3 is 2.62 bits per heavy atom. The molecule has 1 saturated carbocycles. The monoisotopic (exact) mass is 326 g/mol. The number of nitrogens with zero attached hydrogens (tertiary/aromatic N) is 3. The maximum atomic E-state index is 13.8. The van der Waals surface area contributed by atoms with Gasteiger partial charge in [-0.15, -0.1) is 0 Å². The number of rotatable bonds is 5. The van der Waals surface area contributed by atoms with E-state index in [9.17, 15) is 4.39 Å². The molecule has 4 rings (SSSR count). The lowest BCUT2D eigenvalue weighted by molar-refractivity contribution is 0.209. The van der Waals surface area contributed by atoms with Crippen molar-refractivity contribution in [2.24, 2.45) is 0 Å². The van der Waals surface area contributed by atoms with E-state index >= 15 is 0 Å². The van der Waals surface area contributed by atoms with Crippen LogP contribution in [-0.2, 0) is 6.54 Å². The number of nitrogens with one attached hydrogen (secondary N) is 1. The lowest BCUT2D eigenvalue weighted by Gasteiger charge is -2.32. The Hall–Kier alpha value is -2.01. The van der Waals surface area contributed by atoms with Gasteiger partial charge in [0.1, 0.15) is 17.5 Å². The molecule has 2 fully saturated rings. The van der Waals surface area contributed by atoms with Gasteiger partial charge in [-0.05, 0) is 37.8 Å². The normalized spacial score (nSPS) is 19.4. The highest BCUT2D eigenvalue weighted by atomic mass is 19.1. The number of piperidine rings is 1. The highest BCUT2D eigenvalue weighted by Crippen LogP contribution is 2.38. The standard InChI is InChI=1S/C19H23FN4/c20-17-4-2-1-3-15(17)13-24-11-8-16(9-12-24)22-18-7-10-21-19(23-18)14-5-6-14/h1-4,7,10,14,16H,5-6,8-9,11-13H2,(H,21,22,23). The summed E-state index contributed by atoms with van der Waals surface area (Å²) in [6, 6.07) is 9.45. The zero-order valence-electron chi connectivity index (χ0n) is 13.8. The molecule has 0 spiro atoms. The number of hydrogen-bond donors (Lipinski definition) is 1. The molecule has 0 atom stereocenters. The topological polar surface area (TPSA) is 41.0 Å². The summed E-state index contributed by atoms with van der Waals surface area (Å²) in [5, 5.41) is 3.55. The van der Waals surface area contributed by atoms with Crippen molar-refractivity contribution in [3.05, 3.63) is 53.7 Å². The first-order chi connectivity index (χ1) is 11.8. The van der Waals surface area contributed by atoms with Crippen molar-refractivity contribution in [2.75, 3.05) is 18.4 Å². The SMILES string of the molecule is Fc1ccccc1CN1CCC(Nc2ccnc(C3CC3)n2)CC1. The highest BCUT2D eigenvalue weighted by Gasteiger charge is 2.27. The molecule has 2 aliphatic rings. The van der Waals surface area contributed by atoms with Crippen LogP contribution < -0.4 is 5.32 Å². The van der Waals surface area contributed by atoms with Crippen molar-refractivity contribution in [3.63, 3.8) is 0 Å². The predicted molar refractivity (Wildman–Crippen MR) is 92.3 cm³/mol. The third-order valence-electron chi connectivity index (χ3n) is 4.91. The first-order valence-corrected chi connectivity index (χ1v) is 8.83. The summed E-state index contributed by atoms with van der Waals surface area (Å²) in [4.78, 5) is 11.3. The minimum Gasteiger partial charge on any atom is -0.367 e. The Morgan fingerprint density at radius 1 is 1.08 bits per heavy atom. The maximum absolute atomic E-state index is 13.8. The number of halogens is 1. The van der Waals surface area contributed by atoms with Crippen LogP contribution in [-0.4, -0.2) is 34.0 Å². The second-order valence-corrected chi connectivity index (χ2v) is 6.86. The smallest absolute Gasteiger partial charge is 0.133 e. The molecule has 5 heteroatoms. The van der Waals surface area contributed by atoms with Crippen LogP contribution in [0.3, 0.4) is 0 Å². The first-order valence-electron chi connectivity index (χ1n) is 8.83. The van der Waals surface area contributed by atoms with Crippen molar-refractivity contribution in [1.82, 2.24) is 14.9 Å². The van der Waals surface area contributed by atoms with Gasteiger partial charge in [-0.2, -0.15) is 0 Å². The van der Waals surface area contributed by atoms with Gasteiger partial charge in [0.05, 0.1) is 0 Å². The summed E-state index contributed by atoms with van der Waals surface area (Å²) in [5.74, 6) is 2.40. The molecule has 24 heavy (non-hydrogen) atoms. The second-order valence-electron chi connectivity index (χ2n) is 6.86. The molecule has 1 aliphatic carbocycles. The van der Waals surface area contributed by atoms with Crippen molar-refractivity contribution in [1.29, 1.82) is 0 Å². The molecule has 126 valence electrons. The maximum Gasteiger partial charge on any atom is 0.133 e. The van der Waals surface area contributed by atoms with Gasteiger partial charge < -0.3 is 5.32 Å². The summed E-state index contributed by atoms with van der Waals surface area (Å²) in [5.41, 5.74) is 0.786. The molecule has 1 aromatic heterocycles. The highest BCUT2D eigenvalue weighted by molar-refractivity contribution is 5.35. The van der Waals surface area contributed by atoms with Crippen molar-refractivity contribution < 1.29 is 4.39 Å². The average Bonchev–Trinajstić information content (AvgIpc) is 3.44. The quantitative estimate of drug-likeness (QED) is 0.912. The zero-order valence-corrected chi connectivity index (χ0v) is 13.8. The van der Waals surface area contributed by atoms with E-state index in [1.165, 1.54) is 18.9 Å². The molecule has 4 nitrogen and oxygen atoms in total. The van der Waals surface area contributed by atoms with Crippen molar-refractivity contribution in [3.8, 4) is 0 Å². The molecule has 1 saturated heterocycles. The van der Waals surface area contributed by atoms with Crippen LogP contribution in [0.2, 0.25) is 0 Å². The molecule has 2 aromatic rings. The van der Waals surface area contributed by atoms with Crippen LogP contribution in [0.4, 0.5) is 10.2 Å². The number of benzene rings is 1. The van der Waals surface area contributed by atoms with E-state index in [-0.39, 0.29) is 5.82 Å². The van der Waals surface area contributed by atoms with Gasteiger partial charge in [0.25, 0.3) is 0 Å². The lowest BCUT2D eigenvalue weighted by Crippen LogP contribution is -2.39. The fourth-order valence-electron chi connectivity index (χ4n) is 3.30. The summed E-state index contributed by atoms with van der Waals surface area (Å²) >= 11 is 0. The molecule has 0 amide bonds. The van der Waals surface area contributed by atoms with Gasteiger partial charge in [-0.3, -0.25) is 4.90 Å². The van der Waals surface area contributed by atoms with Crippen LogP contribution in [0.1, 0.15) is 43.0 Å². The molecule has 0 radical (unpaired) electrons. The Balaban J connectivity index is 1.30. The predicted octanol–water partition coefficient (Wildman–Crippen LogP) is 3.57. The van der Waals surface area contributed by atoms with E-state index in [0.717, 1.165) is 43.1 Å². The van der Waals surface area contributed by atoms with Gasteiger partial charge in [0.2, 0.25) is 0 Å². The summed E-state index contributed by atoms with van der Waals surface area (Å²) in [6.45, 7) is 2.65. The Labute approximate surface area is 142 Å². The fourth-order valence-corrected chi connectivity index (χ4v) is 3.30. The zero-order chi connectivity index (χ0) is 16.4. The molecular weight excluding hydrogens is 303 g/mol. The molecule has 1 aliphatic heterocycles. The van der Waals surface area contributed by atoms with Crippen LogP contribution in [0, 0.1) is 5.82 Å². The Kier molecular flexibility index (Phi) is 4.43. The van der Waals surface area contributed by atoms with E-state index in [4.69, 9.17) is 0 Å². The fraction of sp³-hybridized carbons (Fsp3) is 0.474. The minimum absolute atomic E-state index is 0.105. The second kappa shape index (κ2) is 6.85. The van der Waals surface area contributed by atoms with Crippen molar-refractivity contribution in [2.45, 2.75) is 44.2 Å². The number of anilines is 1. The summed E-state index contributed by atoms with van der Waals surface area (Å²) < 4.78 is 13.8. The van der Waals surface area contributed by atoms with Gasteiger partial charge in [-0.1, -0.05) is 18.2 Å². The van der Waals surface area contributed by atoms with Crippen LogP contribution in [0.25, 0.3) is 0 Å². The Morgan fingerprint density at radius 2 is 1.88 bits per heavy atom. The van der Waals surface area contributed by atoms with Gasteiger partial charge in [0.15, 0.2) is 0 Å². The number of hydrogen-bond acceptors (Lipinski definition) is 4. The minimum atomic E-state index is -0.105. The third-order valence-corrected chi connectivity index (χ3v) is 4.91. The lowest BCUT2D eigenvalue weighted by atomic mass is 10.0. The molecule has 1 aromatic carbocycles. The third kappa shape index (κ3) is 3.73. The largest absolute Gasteiger partial charge is 0.367 e.